The predicted octanol–water partition coefficient (Wildman–Crippen LogP) is 1.51. The van der Waals surface area contributed by atoms with Crippen LogP contribution in [0.3, 0.4) is 0 Å². The molecule has 0 unspecified atom stereocenters. The van der Waals surface area contributed by atoms with Crippen LogP contribution in [0, 0.1) is 0 Å². The molecule has 0 aromatic heterocycles. The van der Waals surface area contributed by atoms with Crippen LogP contribution in [0.5, 0.6) is 5.75 Å². The number of rotatable bonds is 4. The Morgan fingerprint density at radius 3 is 2.50 bits per heavy atom. The van der Waals surface area contributed by atoms with Gasteiger partial charge >= 0.3 is 0 Å². The minimum Gasteiger partial charge on any atom is -0.494 e. The van der Waals surface area contributed by atoms with Gasteiger partial charge in [-0.25, -0.2) is 5.32 Å². The van der Waals surface area contributed by atoms with Crippen molar-refractivity contribution < 1.29 is 4.74 Å². The molecule has 1 aliphatic rings. The maximum atomic E-state index is 5.42. The zero-order valence-electron chi connectivity index (χ0n) is 9.85. The molecular formula is C13H19N2O. The van der Waals surface area contributed by atoms with Crippen molar-refractivity contribution in [2.24, 2.45) is 0 Å². The van der Waals surface area contributed by atoms with Crippen molar-refractivity contribution in [1.29, 1.82) is 0 Å². The molecule has 16 heavy (non-hydrogen) atoms. The van der Waals surface area contributed by atoms with Crippen LogP contribution in [0.15, 0.2) is 24.3 Å². The Labute approximate surface area is 97.4 Å². The monoisotopic (exact) mass is 219 g/mol. The van der Waals surface area contributed by atoms with Gasteiger partial charge in [-0.05, 0) is 24.6 Å². The standard InChI is InChI=1S/C13H19N2O/c1-2-16-13-5-3-12(4-6-13)11-15-9-7-14-8-10-15/h3-6H,2,7-11H2,1H3. The number of nitrogens with zero attached hydrogens (tertiary/aromatic N) is 2. The average molecular weight is 219 g/mol. The number of hydrogen-bond acceptors (Lipinski definition) is 2. The van der Waals surface area contributed by atoms with Crippen LogP contribution in [0.25, 0.3) is 0 Å². The molecule has 1 aliphatic heterocycles. The molecule has 3 heteroatoms. The summed E-state index contributed by atoms with van der Waals surface area (Å²) in [5.74, 6) is 0.958. The van der Waals surface area contributed by atoms with Crippen molar-refractivity contribution >= 4 is 0 Å². The molecule has 0 spiro atoms. The average Bonchev–Trinajstić information content (AvgIpc) is 2.33. The van der Waals surface area contributed by atoms with Gasteiger partial charge < -0.3 is 4.74 Å². The van der Waals surface area contributed by atoms with E-state index < -0.39 is 0 Å². The molecule has 2 rings (SSSR count). The van der Waals surface area contributed by atoms with Crippen molar-refractivity contribution in [2.75, 3.05) is 32.8 Å². The van der Waals surface area contributed by atoms with E-state index in [4.69, 9.17) is 4.74 Å². The van der Waals surface area contributed by atoms with Gasteiger partial charge in [0.2, 0.25) is 0 Å². The smallest absolute Gasteiger partial charge is 0.119 e. The Morgan fingerprint density at radius 1 is 1.19 bits per heavy atom. The minimum absolute atomic E-state index is 0.729. The SMILES string of the molecule is CCOc1ccc(CN2CC[N]CC2)cc1. The predicted molar refractivity (Wildman–Crippen MR) is 64.8 cm³/mol. The molecule has 1 heterocycles. The van der Waals surface area contributed by atoms with Crippen LogP contribution in [-0.4, -0.2) is 37.7 Å². The highest BCUT2D eigenvalue weighted by Crippen LogP contribution is 2.13. The molecule has 1 saturated heterocycles. The lowest BCUT2D eigenvalue weighted by Gasteiger charge is -2.26. The fourth-order valence-corrected chi connectivity index (χ4v) is 1.92. The largest absolute Gasteiger partial charge is 0.494 e. The lowest BCUT2D eigenvalue weighted by Crippen LogP contribution is -2.39. The van der Waals surface area contributed by atoms with Crippen molar-refractivity contribution in [3.05, 3.63) is 29.8 Å². The van der Waals surface area contributed by atoms with Gasteiger partial charge in [-0.15, -0.1) is 0 Å². The second-order valence-electron chi connectivity index (χ2n) is 4.02. The fourth-order valence-electron chi connectivity index (χ4n) is 1.92. The topological polar surface area (TPSA) is 26.6 Å². The summed E-state index contributed by atoms with van der Waals surface area (Å²) in [6.07, 6.45) is 0. The Morgan fingerprint density at radius 2 is 1.88 bits per heavy atom. The third-order valence-corrected chi connectivity index (χ3v) is 2.79. The van der Waals surface area contributed by atoms with E-state index in [2.05, 4.69) is 22.3 Å². The second kappa shape index (κ2) is 5.87. The summed E-state index contributed by atoms with van der Waals surface area (Å²) in [5, 5.41) is 4.35. The summed E-state index contributed by atoms with van der Waals surface area (Å²) in [5.41, 5.74) is 1.35. The molecule has 0 bridgehead atoms. The van der Waals surface area contributed by atoms with Crippen molar-refractivity contribution in [2.45, 2.75) is 13.5 Å². The van der Waals surface area contributed by atoms with Gasteiger partial charge in [0.15, 0.2) is 0 Å². The Balaban J connectivity index is 1.88. The van der Waals surface area contributed by atoms with E-state index in [1.165, 1.54) is 5.56 Å². The zero-order chi connectivity index (χ0) is 11.2. The number of piperazine rings is 1. The van der Waals surface area contributed by atoms with Gasteiger partial charge in [0.25, 0.3) is 0 Å². The van der Waals surface area contributed by atoms with Crippen LogP contribution in [0.2, 0.25) is 0 Å². The molecule has 0 N–H and O–H groups in total. The normalized spacial score (nSPS) is 17.3. The van der Waals surface area contributed by atoms with E-state index in [9.17, 15) is 0 Å². The van der Waals surface area contributed by atoms with Gasteiger partial charge in [-0.3, -0.25) is 4.90 Å². The van der Waals surface area contributed by atoms with E-state index in [-0.39, 0.29) is 0 Å². The van der Waals surface area contributed by atoms with Crippen LogP contribution in [-0.2, 0) is 6.54 Å². The quantitative estimate of drug-likeness (QED) is 0.767. The Bertz CT molecular complexity index is 304. The van der Waals surface area contributed by atoms with Crippen LogP contribution >= 0.6 is 0 Å². The van der Waals surface area contributed by atoms with E-state index in [0.717, 1.165) is 45.1 Å². The lowest BCUT2D eigenvalue weighted by molar-refractivity contribution is 0.230. The number of benzene rings is 1. The summed E-state index contributed by atoms with van der Waals surface area (Å²) in [6, 6.07) is 8.40. The maximum absolute atomic E-state index is 5.42. The van der Waals surface area contributed by atoms with Gasteiger partial charge in [-0.1, -0.05) is 12.1 Å². The van der Waals surface area contributed by atoms with Crippen molar-refractivity contribution in [1.82, 2.24) is 10.2 Å². The first-order chi connectivity index (χ1) is 7.88. The number of ether oxygens (including phenoxy) is 1. The van der Waals surface area contributed by atoms with Crippen molar-refractivity contribution in [3.63, 3.8) is 0 Å². The molecule has 0 aliphatic carbocycles. The zero-order valence-corrected chi connectivity index (χ0v) is 9.85. The minimum atomic E-state index is 0.729. The summed E-state index contributed by atoms with van der Waals surface area (Å²) in [6.45, 7) is 7.91. The molecule has 1 fully saturated rings. The van der Waals surface area contributed by atoms with Gasteiger partial charge in [0.05, 0.1) is 6.61 Å². The first-order valence-corrected chi connectivity index (χ1v) is 5.96. The van der Waals surface area contributed by atoms with E-state index in [0.29, 0.717) is 0 Å². The highest BCUT2D eigenvalue weighted by Gasteiger charge is 2.10. The van der Waals surface area contributed by atoms with Crippen LogP contribution in [0.1, 0.15) is 12.5 Å². The molecule has 1 aromatic carbocycles. The summed E-state index contributed by atoms with van der Waals surface area (Å²) >= 11 is 0. The summed E-state index contributed by atoms with van der Waals surface area (Å²) < 4.78 is 5.42. The van der Waals surface area contributed by atoms with Gasteiger partial charge in [0.1, 0.15) is 5.75 Å². The summed E-state index contributed by atoms with van der Waals surface area (Å²) in [7, 11) is 0. The molecule has 87 valence electrons. The third kappa shape index (κ3) is 3.22. The molecular weight excluding hydrogens is 200 g/mol. The molecule has 1 radical (unpaired) electrons. The molecule has 0 amide bonds. The third-order valence-electron chi connectivity index (χ3n) is 2.79. The van der Waals surface area contributed by atoms with Crippen molar-refractivity contribution in [3.8, 4) is 5.75 Å². The second-order valence-corrected chi connectivity index (χ2v) is 4.02. The maximum Gasteiger partial charge on any atom is 0.119 e. The fraction of sp³-hybridized carbons (Fsp3) is 0.538. The highest BCUT2D eigenvalue weighted by atomic mass is 16.5. The van der Waals surface area contributed by atoms with E-state index in [1.807, 2.05) is 19.1 Å². The number of hydrogen-bond donors (Lipinski definition) is 0. The van der Waals surface area contributed by atoms with Gasteiger partial charge in [0, 0.05) is 32.7 Å². The van der Waals surface area contributed by atoms with Crippen LogP contribution in [0.4, 0.5) is 0 Å². The summed E-state index contributed by atoms with van der Waals surface area (Å²) in [4.78, 5) is 2.45. The molecule has 3 nitrogen and oxygen atoms in total. The molecule has 0 atom stereocenters. The Kier molecular flexibility index (Phi) is 4.19. The highest BCUT2D eigenvalue weighted by molar-refractivity contribution is 5.27. The molecule has 1 aromatic rings. The van der Waals surface area contributed by atoms with E-state index in [1.54, 1.807) is 0 Å². The van der Waals surface area contributed by atoms with Crippen LogP contribution < -0.4 is 10.1 Å². The van der Waals surface area contributed by atoms with Gasteiger partial charge in [-0.2, -0.15) is 0 Å². The Hall–Kier alpha value is -1.06. The lowest BCUT2D eigenvalue weighted by atomic mass is 10.2. The van der Waals surface area contributed by atoms with E-state index >= 15 is 0 Å². The first kappa shape index (κ1) is 11.4. The molecule has 0 saturated carbocycles. The first-order valence-electron chi connectivity index (χ1n) is 5.96.